The number of nitrogens with one attached hydrogen (secondary N) is 2. The third kappa shape index (κ3) is 5.99. The van der Waals surface area contributed by atoms with Crippen LogP contribution in [0.4, 0.5) is 0 Å². The van der Waals surface area contributed by atoms with Gasteiger partial charge >= 0.3 is 0 Å². The van der Waals surface area contributed by atoms with Gasteiger partial charge in [0.1, 0.15) is 12.7 Å². The number of carbonyl (C=O) groups is 1. The quantitative estimate of drug-likeness (QED) is 0.497. The van der Waals surface area contributed by atoms with E-state index in [9.17, 15) is 13.2 Å². The molecule has 0 fully saturated rings. The maximum Gasteiger partial charge on any atom is 0.240 e. The van der Waals surface area contributed by atoms with Gasteiger partial charge in [0.2, 0.25) is 15.9 Å². The van der Waals surface area contributed by atoms with Gasteiger partial charge in [-0.3, -0.25) is 4.79 Å². The number of hydrogen-bond acceptors (Lipinski definition) is 5. The number of benzene rings is 2. The van der Waals surface area contributed by atoms with Crippen molar-refractivity contribution in [3.63, 3.8) is 0 Å². The second-order valence-corrected chi connectivity index (χ2v) is 9.23. The molecule has 3 aromatic rings. The lowest BCUT2D eigenvalue weighted by atomic mass is 10.1. The predicted octanol–water partition coefficient (Wildman–Crippen LogP) is 2.82. The highest BCUT2D eigenvalue weighted by molar-refractivity contribution is 7.89. The Hall–Kier alpha value is -3.04. The van der Waals surface area contributed by atoms with Crippen molar-refractivity contribution in [2.24, 2.45) is 0 Å². The number of hydrogen-bond donors (Lipinski definition) is 2. The summed E-state index contributed by atoms with van der Waals surface area (Å²) in [6.07, 6.45) is 3.73. The summed E-state index contributed by atoms with van der Waals surface area (Å²) in [4.78, 5) is 16.5. The molecule has 3 rings (SSSR count). The molecule has 9 heteroatoms. The highest BCUT2D eigenvalue weighted by Crippen LogP contribution is 2.17. The Morgan fingerprint density at radius 3 is 2.55 bits per heavy atom. The predicted molar refractivity (Wildman–Crippen MR) is 118 cm³/mol. The lowest BCUT2D eigenvalue weighted by Gasteiger charge is -2.15. The van der Waals surface area contributed by atoms with Crippen molar-refractivity contribution < 1.29 is 13.2 Å². The van der Waals surface area contributed by atoms with Crippen LogP contribution in [-0.2, 0) is 14.8 Å². The molecular weight excluding hydrogens is 414 g/mol. The Morgan fingerprint density at radius 2 is 1.87 bits per heavy atom. The van der Waals surface area contributed by atoms with Crippen LogP contribution in [0.25, 0.3) is 5.69 Å². The summed E-state index contributed by atoms with van der Waals surface area (Å²) < 4.78 is 29.2. The summed E-state index contributed by atoms with van der Waals surface area (Å²) in [5.74, 6) is -0.126. The van der Waals surface area contributed by atoms with Gasteiger partial charge in [-0.15, -0.1) is 0 Å². The Kier molecular flexibility index (Phi) is 7.19. The first-order valence-corrected chi connectivity index (χ1v) is 11.6. The van der Waals surface area contributed by atoms with Gasteiger partial charge < -0.3 is 5.32 Å². The summed E-state index contributed by atoms with van der Waals surface area (Å²) in [6, 6.07) is 12.8. The molecule has 1 amide bonds. The minimum atomic E-state index is -3.59. The molecule has 0 radical (unpaired) electrons. The molecule has 1 heterocycles. The van der Waals surface area contributed by atoms with Gasteiger partial charge in [-0.05, 0) is 62.1 Å². The third-order valence-electron chi connectivity index (χ3n) is 4.96. The van der Waals surface area contributed by atoms with Gasteiger partial charge in [0.15, 0.2) is 0 Å². The maximum absolute atomic E-state index is 12.5. The van der Waals surface area contributed by atoms with Gasteiger partial charge in [0, 0.05) is 13.0 Å². The molecule has 2 N–H and O–H groups in total. The standard InChI is InChI=1S/C22H27N5O3S/c1-16-6-7-17(2)21(13-16)31(29,30)25-12-4-5-22(28)26-18(3)19-8-10-20(11-9-19)27-15-23-14-24-27/h6-11,13-15,18,25H,4-5,12H2,1-3H3,(H,26,28). The van der Waals surface area contributed by atoms with E-state index in [1.165, 1.54) is 6.33 Å². The topological polar surface area (TPSA) is 106 Å². The minimum absolute atomic E-state index is 0.126. The second kappa shape index (κ2) is 9.84. The highest BCUT2D eigenvalue weighted by atomic mass is 32.2. The smallest absolute Gasteiger partial charge is 0.240 e. The van der Waals surface area contributed by atoms with Crippen LogP contribution >= 0.6 is 0 Å². The summed E-state index contributed by atoms with van der Waals surface area (Å²) in [5.41, 5.74) is 3.43. The number of rotatable bonds is 9. The van der Waals surface area contributed by atoms with Crippen molar-refractivity contribution in [2.45, 2.75) is 44.6 Å². The van der Waals surface area contributed by atoms with Gasteiger partial charge in [-0.25, -0.2) is 22.8 Å². The molecule has 1 unspecified atom stereocenters. The molecule has 1 atom stereocenters. The van der Waals surface area contributed by atoms with E-state index in [2.05, 4.69) is 20.1 Å². The van der Waals surface area contributed by atoms with Crippen molar-refractivity contribution in [3.8, 4) is 5.69 Å². The number of carbonyl (C=O) groups excluding carboxylic acids is 1. The van der Waals surface area contributed by atoms with E-state index < -0.39 is 10.0 Å². The van der Waals surface area contributed by atoms with Gasteiger partial charge in [0.05, 0.1) is 16.6 Å². The zero-order valence-electron chi connectivity index (χ0n) is 17.9. The van der Waals surface area contributed by atoms with E-state index in [-0.39, 0.29) is 29.8 Å². The first-order valence-electron chi connectivity index (χ1n) is 10.1. The molecule has 0 bridgehead atoms. The number of nitrogens with zero attached hydrogens (tertiary/aromatic N) is 3. The Balaban J connectivity index is 1.46. The molecule has 0 spiro atoms. The fourth-order valence-corrected chi connectivity index (χ4v) is 4.59. The van der Waals surface area contributed by atoms with E-state index in [1.54, 1.807) is 30.1 Å². The second-order valence-electron chi connectivity index (χ2n) is 7.49. The summed E-state index contributed by atoms with van der Waals surface area (Å²) in [7, 11) is -3.59. The Bertz CT molecular complexity index is 1130. The number of amides is 1. The molecule has 164 valence electrons. The van der Waals surface area contributed by atoms with Crippen molar-refractivity contribution >= 4 is 15.9 Å². The summed E-state index contributed by atoms with van der Waals surface area (Å²) in [6.45, 7) is 5.73. The van der Waals surface area contributed by atoms with Gasteiger partial charge in [0.25, 0.3) is 0 Å². The monoisotopic (exact) mass is 441 g/mol. The lowest BCUT2D eigenvalue weighted by Crippen LogP contribution is -2.29. The average Bonchev–Trinajstić information content (AvgIpc) is 3.28. The molecule has 0 aliphatic rings. The van der Waals surface area contributed by atoms with Crippen LogP contribution in [0.1, 0.15) is 42.5 Å². The molecule has 0 saturated carbocycles. The Labute approximate surface area is 182 Å². The lowest BCUT2D eigenvalue weighted by molar-refractivity contribution is -0.121. The SMILES string of the molecule is Cc1ccc(C)c(S(=O)(=O)NCCCC(=O)NC(C)c2ccc(-n3cncn3)cc2)c1. The van der Waals surface area contributed by atoms with E-state index in [0.29, 0.717) is 12.0 Å². The fourth-order valence-electron chi connectivity index (χ4n) is 3.18. The van der Waals surface area contributed by atoms with Gasteiger partial charge in [-0.1, -0.05) is 24.3 Å². The number of aryl methyl sites for hydroxylation is 2. The zero-order valence-corrected chi connectivity index (χ0v) is 18.7. The van der Waals surface area contributed by atoms with E-state index in [1.807, 2.05) is 44.2 Å². The molecule has 0 aliphatic heterocycles. The van der Waals surface area contributed by atoms with Crippen LogP contribution in [-0.4, -0.2) is 35.6 Å². The number of aromatic nitrogens is 3. The van der Waals surface area contributed by atoms with Crippen LogP contribution in [0.15, 0.2) is 60.0 Å². The van der Waals surface area contributed by atoms with E-state index in [0.717, 1.165) is 16.8 Å². The first kappa shape index (κ1) is 22.6. The van der Waals surface area contributed by atoms with Crippen molar-refractivity contribution in [1.82, 2.24) is 24.8 Å². The van der Waals surface area contributed by atoms with Crippen LogP contribution in [0.2, 0.25) is 0 Å². The van der Waals surface area contributed by atoms with E-state index >= 15 is 0 Å². The van der Waals surface area contributed by atoms with Crippen LogP contribution in [0, 0.1) is 13.8 Å². The van der Waals surface area contributed by atoms with Crippen LogP contribution < -0.4 is 10.0 Å². The highest BCUT2D eigenvalue weighted by Gasteiger charge is 2.17. The third-order valence-corrected chi connectivity index (χ3v) is 6.56. The average molecular weight is 442 g/mol. The van der Waals surface area contributed by atoms with Crippen molar-refractivity contribution in [3.05, 3.63) is 71.8 Å². The van der Waals surface area contributed by atoms with E-state index in [4.69, 9.17) is 0 Å². The zero-order chi connectivity index (χ0) is 22.4. The summed E-state index contributed by atoms with van der Waals surface area (Å²) >= 11 is 0. The number of sulfonamides is 1. The first-order chi connectivity index (χ1) is 14.8. The van der Waals surface area contributed by atoms with Crippen molar-refractivity contribution in [2.75, 3.05) is 6.54 Å². The largest absolute Gasteiger partial charge is 0.350 e. The molecular formula is C22H27N5O3S. The molecule has 1 aromatic heterocycles. The normalized spacial score (nSPS) is 12.5. The molecule has 31 heavy (non-hydrogen) atoms. The molecule has 0 saturated heterocycles. The molecule has 2 aromatic carbocycles. The molecule has 0 aliphatic carbocycles. The minimum Gasteiger partial charge on any atom is -0.350 e. The van der Waals surface area contributed by atoms with Crippen molar-refractivity contribution in [1.29, 1.82) is 0 Å². The van der Waals surface area contributed by atoms with Crippen LogP contribution in [0.5, 0.6) is 0 Å². The fraction of sp³-hybridized carbons (Fsp3) is 0.318. The van der Waals surface area contributed by atoms with Gasteiger partial charge in [-0.2, -0.15) is 5.10 Å². The van der Waals surface area contributed by atoms with Crippen LogP contribution in [0.3, 0.4) is 0 Å². The molecule has 8 nitrogen and oxygen atoms in total. The summed E-state index contributed by atoms with van der Waals surface area (Å²) in [5, 5.41) is 7.03. The maximum atomic E-state index is 12.5. The Morgan fingerprint density at radius 1 is 1.13 bits per heavy atom.